The minimum absolute atomic E-state index is 0.629. The largest absolute Gasteiger partial charge is 0.208 e. The molecule has 5 rings (SSSR count). The molecule has 4 nitrogen and oxygen atoms in total. The average molecular weight is 410 g/mol. The molecule has 0 saturated heterocycles. The number of benzene rings is 4. The van der Waals surface area contributed by atoms with Gasteiger partial charge in [-0.25, -0.2) is 15.0 Å². The molecule has 0 N–H and O–H groups in total. The van der Waals surface area contributed by atoms with Gasteiger partial charge in [0, 0.05) is 16.7 Å². The van der Waals surface area contributed by atoms with Crippen LogP contribution < -0.4 is 0 Å². The van der Waals surface area contributed by atoms with Crippen LogP contribution in [0.25, 0.3) is 45.3 Å². The summed E-state index contributed by atoms with van der Waals surface area (Å²) in [6, 6.07) is 37.7. The molecule has 0 atom stereocenters. The van der Waals surface area contributed by atoms with Crippen LogP contribution in [-0.2, 0) is 0 Å². The van der Waals surface area contributed by atoms with E-state index in [1.807, 2.05) is 109 Å². The molecule has 0 aliphatic carbocycles. The standard InChI is InChI=1S/C28H18N4/c29-19-20-11-13-21(14-12-20)22-15-17-25(18-16-22)28-31-26(23-7-3-1-4-8-23)30-27(32-28)24-9-5-2-6-10-24/h1-18H. The smallest absolute Gasteiger partial charge is 0.164 e. The molecule has 0 saturated carbocycles. The van der Waals surface area contributed by atoms with E-state index in [1.165, 1.54) is 0 Å². The van der Waals surface area contributed by atoms with E-state index in [0.717, 1.165) is 27.8 Å². The summed E-state index contributed by atoms with van der Waals surface area (Å²) in [6.45, 7) is 0. The van der Waals surface area contributed by atoms with Gasteiger partial charge in [-0.2, -0.15) is 5.26 Å². The first-order valence-electron chi connectivity index (χ1n) is 10.3. The van der Waals surface area contributed by atoms with E-state index >= 15 is 0 Å². The van der Waals surface area contributed by atoms with Crippen LogP contribution in [0.5, 0.6) is 0 Å². The molecule has 0 radical (unpaired) electrons. The lowest BCUT2D eigenvalue weighted by Crippen LogP contribution is -2.00. The van der Waals surface area contributed by atoms with E-state index in [0.29, 0.717) is 23.0 Å². The van der Waals surface area contributed by atoms with E-state index < -0.39 is 0 Å². The highest BCUT2D eigenvalue weighted by atomic mass is 15.0. The second-order valence-corrected chi connectivity index (χ2v) is 7.30. The van der Waals surface area contributed by atoms with Gasteiger partial charge in [-0.05, 0) is 23.3 Å². The zero-order chi connectivity index (χ0) is 21.8. The fourth-order valence-electron chi connectivity index (χ4n) is 3.49. The Hall–Kier alpha value is -4.62. The van der Waals surface area contributed by atoms with E-state index in [-0.39, 0.29) is 0 Å². The van der Waals surface area contributed by atoms with Crippen LogP contribution in [-0.4, -0.2) is 15.0 Å². The lowest BCUT2D eigenvalue weighted by molar-refractivity contribution is 1.07. The monoisotopic (exact) mass is 410 g/mol. The number of rotatable bonds is 4. The minimum Gasteiger partial charge on any atom is -0.208 e. The number of aromatic nitrogens is 3. The predicted molar refractivity (Wildman–Crippen MR) is 126 cm³/mol. The predicted octanol–water partition coefficient (Wildman–Crippen LogP) is 6.41. The summed E-state index contributed by atoms with van der Waals surface area (Å²) < 4.78 is 0. The molecule has 4 heteroatoms. The molecule has 5 aromatic rings. The van der Waals surface area contributed by atoms with Gasteiger partial charge in [-0.1, -0.05) is 97.1 Å². The Morgan fingerprint density at radius 3 is 1.16 bits per heavy atom. The van der Waals surface area contributed by atoms with Crippen LogP contribution >= 0.6 is 0 Å². The topological polar surface area (TPSA) is 62.5 Å². The second-order valence-electron chi connectivity index (χ2n) is 7.30. The van der Waals surface area contributed by atoms with Gasteiger partial charge in [0.15, 0.2) is 17.5 Å². The van der Waals surface area contributed by atoms with Crippen molar-refractivity contribution in [3.05, 3.63) is 115 Å². The Bertz CT molecular complexity index is 1330. The summed E-state index contributed by atoms with van der Waals surface area (Å²) in [6.07, 6.45) is 0. The van der Waals surface area contributed by atoms with Gasteiger partial charge in [0.05, 0.1) is 11.6 Å². The molecular formula is C28H18N4. The fraction of sp³-hybridized carbons (Fsp3) is 0. The number of nitrogens with zero attached hydrogens (tertiary/aromatic N) is 4. The van der Waals surface area contributed by atoms with E-state index in [2.05, 4.69) is 6.07 Å². The van der Waals surface area contributed by atoms with Crippen molar-refractivity contribution < 1.29 is 0 Å². The van der Waals surface area contributed by atoms with Crippen molar-refractivity contribution in [1.29, 1.82) is 5.26 Å². The molecule has 1 aromatic heterocycles. The molecule has 0 aliphatic heterocycles. The molecule has 32 heavy (non-hydrogen) atoms. The van der Waals surface area contributed by atoms with Crippen molar-refractivity contribution in [1.82, 2.24) is 15.0 Å². The summed E-state index contributed by atoms with van der Waals surface area (Å²) in [5.41, 5.74) is 5.58. The summed E-state index contributed by atoms with van der Waals surface area (Å²) in [7, 11) is 0. The first kappa shape index (κ1) is 19.3. The lowest BCUT2D eigenvalue weighted by Gasteiger charge is -2.09. The second kappa shape index (κ2) is 8.63. The molecule has 4 aromatic carbocycles. The van der Waals surface area contributed by atoms with Gasteiger partial charge in [-0.3, -0.25) is 0 Å². The van der Waals surface area contributed by atoms with Crippen molar-refractivity contribution in [2.45, 2.75) is 0 Å². The molecule has 0 fully saturated rings. The Morgan fingerprint density at radius 2 is 0.750 bits per heavy atom. The maximum absolute atomic E-state index is 9.00. The Morgan fingerprint density at radius 1 is 0.406 bits per heavy atom. The normalized spacial score (nSPS) is 10.5. The average Bonchev–Trinajstić information content (AvgIpc) is 2.89. The van der Waals surface area contributed by atoms with Crippen molar-refractivity contribution >= 4 is 0 Å². The molecule has 0 unspecified atom stereocenters. The Kier molecular flexibility index (Phi) is 5.22. The fourth-order valence-corrected chi connectivity index (χ4v) is 3.49. The first-order valence-corrected chi connectivity index (χ1v) is 10.3. The number of hydrogen-bond donors (Lipinski definition) is 0. The quantitative estimate of drug-likeness (QED) is 0.343. The molecule has 0 amide bonds. The summed E-state index contributed by atoms with van der Waals surface area (Å²) in [5, 5.41) is 9.00. The highest BCUT2D eigenvalue weighted by molar-refractivity contribution is 5.70. The third kappa shape index (κ3) is 4.00. The maximum Gasteiger partial charge on any atom is 0.164 e. The SMILES string of the molecule is N#Cc1ccc(-c2ccc(-c3nc(-c4ccccc4)nc(-c4ccccc4)n3)cc2)cc1. The highest BCUT2D eigenvalue weighted by Crippen LogP contribution is 2.27. The summed E-state index contributed by atoms with van der Waals surface area (Å²) in [5.74, 6) is 1.92. The van der Waals surface area contributed by atoms with E-state index in [4.69, 9.17) is 20.2 Å². The third-order valence-electron chi connectivity index (χ3n) is 5.19. The van der Waals surface area contributed by atoms with Crippen LogP contribution in [0.3, 0.4) is 0 Å². The zero-order valence-electron chi connectivity index (χ0n) is 17.2. The van der Waals surface area contributed by atoms with E-state index in [9.17, 15) is 0 Å². The molecule has 0 spiro atoms. The molecule has 1 heterocycles. The van der Waals surface area contributed by atoms with Crippen LogP contribution in [0.4, 0.5) is 0 Å². The van der Waals surface area contributed by atoms with Gasteiger partial charge >= 0.3 is 0 Å². The molecular weight excluding hydrogens is 392 g/mol. The lowest BCUT2D eigenvalue weighted by atomic mass is 10.0. The number of hydrogen-bond acceptors (Lipinski definition) is 4. The summed E-state index contributed by atoms with van der Waals surface area (Å²) in [4.78, 5) is 14.3. The van der Waals surface area contributed by atoms with Crippen molar-refractivity contribution in [2.75, 3.05) is 0 Å². The number of nitriles is 1. The van der Waals surface area contributed by atoms with Gasteiger partial charge < -0.3 is 0 Å². The van der Waals surface area contributed by atoms with Crippen molar-refractivity contribution in [2.24, 2.45) is 0 Å². The minimum atomic E-state index is 0.629. The van der Waals surface area contributed by atoms with Crippen molar-refractivity contribution in [3.8, 4) is 51.4 Å². The maximum atomic E-state index is 9.00. The van der Waals surface area contributed by atoms with Gasteiger partial charge in [0.2, 0.25) is 0 Å². The van der Waals surface area contributed by atoms with Crippen molar-refractivity contribution in [3.63, 3.8) is 0 Å². The molecule has 0 bridgehead atoms. The third-order valence-corrected chi connectivity index (χ3v) is 5.19. The zero-order valence-corrected chi connectivity index (χ0v) is 17.2. The van der Waals surface area contributed by atoms with Crippen LogP contribution in [0, 0.1) is 11.3 Å². The van der Waals surface area contributed by atoms with Crippen LogP contribution in [0.15, 0.2) is 109 Å². The molecule has 150 valence electrons. The van der Waals surface area contributed by atoms with Gasteiger partial charge in [0.1, 0.15) is 0 Å². The van der Waals surface area contributed by atoms with Crippen LogP contribution in [0.1, 0.15) is 5.56 Å². The Labute approximate surface area is 186 Å². The van der Waals surface area contributed by atoms with Gasteiger partial charge in [0.25, 0.3) is 0 Å². The van der Waals surface area contributed by atoms with E-state index in [1.54, 1.807) is 0 Å². The Balaban J connectivity index is 1.57. The summed E-state index contributed by atoms with van der Waals surface area (Å²) >= 11 is 0. The van der Waals surface area contributed by atoms with Gasteiger partial charge in [-0.15, -0.1) is 0 Å². The first-order chi connectivity index (χ1) is 15.8. The molecule has 0 aliphatic rings. The van der Waals surface area contributed by atoms with Crippen LogP contribution in [0.2, 0.25) is 0 Å². The highest BCUT2D eigenvalue weighted by Gasteiger charge is 2.12.